The first-order valence-corrected chi connectivity index (χ1v) is 28.9. The predicted octanol–water partition coefficient (Wildman–Crippen LogP) is 15.2. The fraction of sp³-hybridized carbons (Fsp3) is 0.515. The number of ether oxygens (including phenoxy) is 3. The van der Waals surface area contributed by atoms with Crippen LogP contribution in [0, 0.1) is 35.5 Å². The molecule has 76 heavy (non-hydrogen) atoms. The van der Waals surface area contributed by atoms with E-state index in [-0.39, 0.29) is 43.2 Å². The molecule has 2 aliphatic rings. The molecule has 0 aliphatic heterocycles. The summed E-state index contributed by atoms with van der Waals surface area (Å²) in [5, 5.41) is 18.9. The summed E-state index contributed by atoms with van der Waals surface area (Å²) in [6.45, 7) is 18.8. The Morgan fingerprint density at radius 1 is 0.461 bits per heavy atom. The zero-order chi connectivity index (χ0) is 54.7. The lowest BCUT2D eigenvalue weighted by atomic mass is 9.74. The number of esters is 3. The first-order chi connectivity index (χ1) is 36.8. The van der Waals surface area contributed by atoms with Crippen LogP contribution < -0.4 is 0 Å². The van der Waals surface area contributed by atoms with Crippen molar-refractivity contribution >= 4 is 17.9 Å². The van der Waals surface area contributed by atoms with Gasteiger partial charge < -0.3 is 24.4 Å². The van der Waals surface area contributed by atoms with Crippen LogP contribution in [0.4, 0.5) is 0 Å². The molecule has 2 fully saturated rings. The SMILES string of the molecule is C=C(C)C(=O)OCC(CO)C1CCC(CCc2ccc(-c3ccc(CCCCC)cc3)cc2)CC1.C=C(C)C(=O)OCC(COC(=O)C(=C)CO)C1CCC(CCc2ccc(-c3ccc(CCCCC)cc3)cc2)CC1. The highest BCUT2D eigenvalue weighted by Crippen LogP contribution is 2.38. The molecule has 0 amide bonds. The molecule has 0 heterocycles. The van der Waals surface area contributed by atoms with Crippen LogP contribution >= 0.6 is 0 Å². The van der Waals surface area contributed by atoms with E-state index in [2.05, 4.69) is 131 Å². The van der Waals surface area contributed by atoms with Gasteiger partial charge in [-0.1, -0.05) is 182 Å². The van der Waals surface area contributed by atoms with Crippen molar-refractivity contribution in [1.82, 2.24) is 0 Å². The number of unbranched alkanes of at least 4 members (excludes halogenated alkanes) is 4. The van der Waals surface area contributed by atoms with Crippen molar-refractivity contribution in [2.24, 2.45) is 35.5 Å². The van der Waals surface area contributed by atoms with Gasteiger partial charge in [-0.05, 0) is 159 Å². The lowest BCUT2D eigenvalue weighted by Gasteiger charge is -2.33. The van der Waals surface area contributed by atoms with Crippen molar-refractivity contribution in [2.45, 2.75) is 156 Å². The number of aliphatic hydroxyl groups excluding tert-OH is 2. The van der Waals surface area contributed by atoms with Crippen LogP contribution in [0.2, 0.25) is 0 Å². The van der Waals surface area contributed by atoms with Crippen LogP contribution in [-0.4, -0.2) is 61.2 Å². The number of hydrogen-bond acceptors (Lipinski definition) is 8. The van der Waals surface area contributed by atoms with Crippen LogP contribution in [0.15, 0.2) is 134 Å². The molecular weight excluding hydrogens is 945 g/mol. The van der Waals surface area contributed by atoms with E-state index in [1.807, 2.05) is 0 Å². The topological polar surface area (TPSA) is 119 Å². The zero-order valence-corrected chi connectivity index (χ0v) is 46.8. The summed E-state index contributed by atoms with van der Waals surface area (Å²) >= 11 is 0. The molecule has 0 aromatic heterocycles. The maximum atomic E-state index is 12.0. The minimum Gasteiger partial charge on any atom is -0.462 e. The second-order valence-corrected chi connectivity index (χ2v) is 22.2. The molecule has 4 aromatic rings. The van der Waals surface area contributed by atoms with E-state index in [1.165, 1.54) is 109 Å². The number of rotatable bonds is 29. The van der Waals surface area contributed by atoms with Gasteiger partial charge in [-0.3, -0.25) is 0 Å². The third kappa shape index (κ3) is 21.1. The summed E-state index contributed by atoms with van der Waals surface area (Å²) in [5.74, 6) is 0.684. The molecule has 0 radical (unpaired) electrons. The van der Waals surface area contributed by atoms with E-state index < -0.39 is 18.5 Å². The van der Waals surface area contributed by atoms with E-state index in [0.29, 0.717) is 35.5 Å². The second kappa shape index (κ2) is 33.6. The summed E-state index contributed by atoms with van der Waals surface area (Å²) < 4.78 is 16.1. The highest BCUT2D eigenvalue weighted by molar-refractivity contribution is 5.88. The number of carbonyl (C=O) groups excluding carboxylic acids is 3. The molecule has 4 aromatic carbocycles. The van der Waals surface area contributed by atoms with Crippen LogP contribution in [0.1, 0.15) is 153 Å². The number of aliphatic hydroxyl groups is 2. The fourth-order valence-corrected chi connectivity index (χ4v) is 10.9. The maximum absolute atomic E-state index is 12.0. The maximum Gasteiger partial charge on any atom is 0.335 e. The van der Waals surface area contributed by atoms with Crippen molar-refractivity contribution in [3.05, 3.63) is 156 Å². The first-order valence-electron chi connectivity index (χ1n) is 28.9. The number of carbonyl (C=O) groups is 3. The molecule has 412 valence electrons. The molecular formula is C68H92O8. The summed E-state index contributed by atoms with van der Waals surface area (Å²) in [4.78, 5) is 35.7. The zero-order valence-electron chi connectivity index (χ0n) is 46.8. The molecule has 2 saturated carbocycles. The molecule has 8 heteroatoms. The van der Waals surface area contributed by atoms with Crippen LogP contribution in [0.3, 0.4) is 0 Å². The lowest BCUT2D eigenvalue weighted by molar-refractivity contribution is -0.146. The van der Waals surface area contributed by atoms with Gasteiger partial charge in [-0.2, -0.15) is 0 Å². The summed E-state index contributed by atoms with van der Waals surface area (Å²) in [6.07, 6.45) is 23.4. The van der Waals surface area contributed by atoms with Crippen LogP contribution in [0.5, 0.6) is 0 Å². The molecule has 2 atom stereocenters. The Hall–Kier alpha value is -5.57. The predicted molar refractivity (Wildman–Crippen MR) is 311 cm³/mol. The van der Waals surface area contributed by atoms with Gasteiger partial charge in [0.1, 0.15) is 0 Å². The molecule has 6 rings (SSSR count). The number of aryl methyl sites for hydroxylation is 4. The highest BCUT2D eigenvalue weighted by Gasteiger charge is 2.31. The first kappa shape index (κ1) is 61.3. The Morgan fingerprint density at radius 2 is 0.776 bits per heavy atom. The minimum absolute atomic E-state index is 0.0233. The van der Waals surface area contributed by atoms with Gasteiger partial charge in [-0.25, -0.2) is 14.4 Å². The van der Waals surface area contributed by atoms with Gasteiger partial charge in [-0.15, -0.1) is 0 Å². The number of benzene rings is 4. The third-order valence-corrected chi connectivity index (χ3v) is 16.1. The lowest BCUT2D eigenvalue weighted by Crippen LogP contribution is -2.31. The van der Waals surface area contributed by atoms with E-state index in [0.717, 1.165) is 70.1 Å². The van der Waals surface area contributed by atoms with Gasteiger partial charge >= 0.3 is 17.9 Å². The van der Waals surface area contributed by atoms with Crippen molar-refractivity contribution in [2.75, 3.05) is 33.0 Å². The number of hydrogen-bond donors (Lipinski definition) is 2. The van der Waals surface area contributed by atoms with E-state index >= 15 is 0 Å². The quantitative estimate of drug-likeness (QED) is 0.0239. The molecule has 0 saturated heterocycles. The van der Waals surface area contributed by atoms with E-state index in [9.17, 15) is 19.5 Å². The standard InChI is InChI=1S/C36H48O5.C32H44O3/c1-5-6-7-8-28-11-17-31(18-12-28)32-19-13-29(14-20-32)9-10-30-15-21-33(22-16-30)34(24-40-35(38)26(2)3)25-41-36(39)27(4)23-37;1-4-5-6-7-25-10-16-28(17-11-25)29-18-12-26(13-19-29)8-9-27-14-20-30(21-15-27)31(22-33)23-35-32(34)24(2)3/h11-14,17-20,30,33-34,37H,2,4-10,15-16,21-25H2,1,3H3;10-13,16-19,27,30-31,33H,2,4-9,14-15,20-23H2,1,3H3. The average molecular weight is 1040 g/mol. The van der Waals surface area contributed by atoms with Gasteiger partial charge in [0.15, 0.2) is 0 Å². The van der Waals surface area contributed by atoms with Crippen LogP contribution in [0.25, 0.3) is 22.3 Å². The van der Waals surface area contributed by atoms with E-state index in [1.54, 1.807) is 13.8 Å². The molecule has 0 bridgehead atoms. The second-order valence-electron chi connectivity index (χ2n) is 22.2. The Labute approximate surface area is 457 Å². The third-order valence-electron chi connectivity index (χ3n) is 16.1. The average Bonchev–Trinajstić information content (AvgIpc) is 3.45. The normalized spacial score (nSPS) is 18.0. The summed E-state index contributed by atoms with van der Waals surface area (Å²) in [6, 6.07) is 36.2. The summed E-state index contributed by atoms with van der Waals surface area (Å²) in [5.41, 5.74) is 11.5. The Balaban J connectivity index is 0.000000284. The monoisotopic (exact) mass is 1040 g/mol. The largest absolute Gasteiger partial charge is 0.462 e. The van der Waals surface area contributed by atoms with Gasteiger partial charge in [0.25, 0.3) is 0 Å². The molecule has 8 nitrogen and oxygen atoms in total. The molecule has 2 unspecified atom stereocenters. The smallest absolute Gasteiger partial charge is 0.335 e. The van der Waals surface area contributed by atoms with Gasteiger partial charge in [0.05, 0.1) is 32.0 Å². The van der Waals surface area contributed by atoms with Gasteiger partial charge in [0, 0.05) is 29.6 Å². The van der Waals surface area contributed by atoms with Crippen LogP contribution in [-0.2, 0) is 54.3 Å². The van der Waals surface area contributed by atoms with Crippen molar-refractivity contribution in [3.8, 4) is 22.3 Å². The molecule has 2 N–H and O–H groups in total. The Morgan fingerprint density at radius 3 is 1.09 bits per heavy atom. The summed E-state index contributed by atoms with van der Waals surface area (Å²) in [7, 11) is 0. The van der Waals surface area contributed by atoms with Crippen molar-refractivity contribution < 1.29 is 38.8 Å². The molecule has 0 spiro atoms. The van der Waals surface area contributed by atoms with Crippen molar-refractivity contribution in [1.29, 1.82) is 0 Å². The Bertz CT molecular complexity index is 2360. The minimum atomic E-state index is -0.608. The highest BCUT2D eigenvalue weighted by atomic mass is 16.5. The van der Waals surface area contributed by atoms with Crippen molar-refractivity contribution in [3.63, 3.8) is 0 Å². The fourth-order valence-electron chi connectivity index (χ4n) is 10.9. The Kier molecular flexibility index (Phi) is 27.1. The van der Waals surface area contributed by atoms with Gasteiger partial charge in [0.2, 0.25) is 0 Å². The molecule has 2 aliphatic carbocycles. The van der Waals surface area contributed by atoms with E-state index in [4.69, 9.17) is 19.3 Å².